The number of nitrogens with zero attached hydrogens (tertiary/aromatic N) is 2. The Balaban J connectivity index is 1.45. The molecule has 0 atom stereocenters. The van der Waals surface area contributed by atoms with Gasteiger partial charge in [-0.2, -0.15) is 0 Å². The minimum Gasteiger partial charge on any atom is -0.482 e. The Hall–Kier alpha value is -1.75. The molecule has 0 bridgehead atoms. The molecule has 1 aliphatic heterocycles. The maximum atomic E-state index is 12.3. The maximum Gasteiger partial charge on any atom is 0.260 e. The van der Waals surface area contributed by atoms with Gasteiger partial charge < -0.3 is 9.64 Å². The summed E-state index contributed by atoms with van der Waals surface area (Å²) >= 11 is 12.1. The van der Waals surface area contributed by atoms with Gasteiger partial charge in [0.25, 0.3) is 5.91 Å². The zero-order valence-corrected chi connectivity index (χ0v) is 15.3. The predicted molar refractivity (Wildman–Crippen MR) is 100 cm³/mol. The highest BCUT2D eigenvalue weighted by Gasteiger charge is 2.21. The topological polar surface area (TPSA) is 32.8 Å². The smallest absolute Gasteiger partial charge is 0.260 e. The highest BCUT2D eigenvalue weighted by atomic mass is 35.5. The van der Waals surface area contributed by atoms with Gasteiger partial charge in [0.15, 0.2) is 6.61 Å². The largest absolute Gasteiger partial charge is 0.482 e. The molecule has 1 fully saturated rings. The molecule has 25 heavy (non-hydrogen) atoms. The number of carbonyl (C=O) groups excluding carboxylic acids is 1. The second-order valence-corrected chi connectivity index (χ2v) is 6.85. The van der Waals surface area contributed by atoms with Crippen LogP contribution in [-0.4, -0.2) is 48.5 Å². The lowest BCUT2D eigenvalue weighted by Crippen LogP contribution is -2.49. The number of piperazine rings is 1. The van der Waals surface area contributed by atoms with E-state index in [1.54, 1.807) is 12.1 Å². The van der Waals surface area contributed by atoms with Gasteiger partial charge in [-0.05, 0) is 29.8 Å². The number of halogens is 2. The van der Waals surface area contributed by atoms with Crippen molar-refractivity contribution in [1.82, 2.24) is 9.80 Å². The van der Waals surface area contributed by atoms with Crippen molar-refractivity contribution in [2.24, 2.45) is 0 Å². The van der Waals surface area contributed by atoms with Gasteiger partial charge in [0.1, 0.15) is 5.75 Å². The molecule has 2 aromatic carbocycles. The fourth-order valence-corrected chi connectivity index (χ4v) is 3.24. The number of amides is 1. The molecule has 4 nitrogen and oxygen atoms in total. The number of carbonyl (C=O) groups is 1. The lowest BCUT2D eigenvalue weighted by molar-refractivity contribution is -0.135. The van der Waals surface area contributed by atoms with Crippen molar-refractivity contribution in [1.29, 1.82) is 0 Å². The first-order valence-corrected chi connectivity index (χ1v) is 8.99. The molecule has 1 amide bonds. The summed E-state index contributed by atoms with van der Waals surface area (Å²) in [4.78, 5) is 16.5. The van der Waals surface area contributed by atoms with Crippen LogP contribution >= 0.6 is 23.2 Å². The molecule has 2 aromatic rings. The summed E-state index contributed by atoms with van der Waals surface area (Å²) in [7, 11) is 0. The van der Waals surface area contributed by atoms with Crippen LogP contribution < -0.4 is 4.74 Å². The van der Waals surface area contributed by atoms with Crippen LogP contribution in [0, 0.1) is 0 Å². The average Bonchev–Trinajstić information content (AvgIpc) is 2.61. The molecule has 132 valence electrons. The van der Waals surface area contributed by atoms with Crippen LogP contribution in [0.2, 0.25) is 10.0 Å². The highest BCUT2D eigenvalue weighted by molar-refractivity contribution is 6.32. The third kappa shape index (κ3) is 5.11. The first-order chi connectivity index (χ1) is 12.1. The van der Waals surface area contributed by atoms with Gasteiger partial charge in [-0.25, -0.2) is 0 Å². The first kappa shape index (κ1) is 18.1. The van der Waals surface area contributed by atoms with Gasteiger partial charge in [0, 0.05) is 37.7 Å². The summed E-state index contributed by atoms with van der Waals surface area (Å²) in [6.45, 7) is 3.93. The Morgan fingerprint density at radius 3 is 2.48 bits per heavy atom. The third-order valence-corrected chi connectivity index (χ3v) is 4.76. The van der Waals surface area contributed by atoms with E-state index in [9.17, 15) is 4.79 Å². The minimum absolute atomic E-state index is 0.0117. The van der Waals surface area contributed by atoms with Crippen LogP contribution in [0.15, 0.2) is 48.5 Å². The summed E-state index contributed by atoms with van der Waals surface area (Å²) in [6.07, 6.45) is 0. The van der Waals surface area contributed by atoms with Crippen molar-refractivity contribution < 1.29 is 9.53 Å². The maximum absolute atomic E-state index is 12.3. The van der Waals surface area contributed by atoms with Gasteiger partial charge >= 0.3 is 0 Å². The average molecular weight is 379 g/mol. The van der Waals surface area contributed by atoms with E-state index >= 15 is 0 Å². The molecular weight excluding hydrogens is 359 g/mol. The second-order valence-electron chi connectivity index (χ2n) is 6.01. The zero-order valence-electron chi connectivity index (χ0n) is 13.8. The van der Waals surface area contributed by atoms with Gasteiger partial charge in [0.05, 0.1) is 5.02 Å². The monoisotopic (exact) mass is 378 g/mol. The Morgan fingerprint density at radius 1 is 1.00 bits per heavy atom. The lowest BCUT2D eigenvalue weighted by Gasteiger charge is -2.34. The lowest BCUT2D eigenvalue weighted by atomic mass is 10.2. The van der Waals surface area contributed by atoms with E-state index in [1.165, 1.54) is 5.56 Å². The second kappa shape index (κ2) is 8.56. The van der Waals surface area contributed by atoms with Crippen LogP contribution in [0.4, 0.5) is 0 Å². The van der Waals surface area contributed by atoms with E-state index in [1.807, 2.05) is 35.2 Å². The van der Waals surface area contributed by atoms with Crippen molar-refractivity contribution in [2.75, 3.05) is 32.8 Å². The Morgan fingerprint density at radius 2 is 1.76 bits per heavy atom. The van der Waals surface area contributed by atoms with Gasteiger partial charge in [0.2, 0.25) is 0 Å². The Kier molecular flexibility index (Phi) is 6.19. The van der Waals surface area contributed by atoms with Gasteiger partial charge in [-0.3, -0.25) is 9.69 Å². The van der Waals surface area contributed by atoms with Crippen molar-refractivity contribution in [3.05, 3.63) is 64.1 Å². The number of para-hydroxylation sites is 1. The van der Waals surface area contributed by atoms with Crippen LogP contribution in [-0.2, 0) is 11.3 Å². The normalized spacial score (nSPS) is 15.2. The molecule has 0 saturated carbocycles. The van der Waals surface area contributed by atoms with E-state index in [4.69, 9.17) is 27.9 Å². The number of ether oxygens (including phenoxy) is 1. The number of benzene rings is 2. The first-order valence-electron chi connectivity index (χ1n) is 8.24. The van der Waals surface area contributed by atoms with Crippen molar-refractivity contribution in [3.8, 4) is 5.75 Å². The SMILES string of the molecule is O=C(COc1ccccc1Cl)N1CCN(Cc2cccc(Cl)c2)CC1. The van der Waals surface area contributed by atoms with Crippen LogP contribution in [0.25, 0.3) is 0 Å². The molecule has 1 aliphatic rings. The molecule has 0 N–H and O–H groups in total. The molecule has 1 heterocycles. The van der Waals surface area contributed by atoms with Gasteiger partial charge in [-0.1, -0.05) is 47.5 Å². The fourth-order valence-electron chi connectivity index (χ4n) is 2.84. The quantitative estimate of drug-likeness (QED) is 0.794. The summed E-state index contributed by atoms with van der Waals surface area (Å²) < 4.78 is 5.54. The van der Waals surface area contributed by atoms with Crippen LogP contribution in [0.3, 0.4) is 0 Å². The van der Waals surface area contributed by atoms with E-state index in [0.717, 1.165) is 24.7 Å². The molecule has 0 aliphatic carbocycles. The third-order valence-electron chi connectivity index (χ3n) is 4.21. The molecular formula is C19H20Cl2N2O2. The summed E-state index contributed by atoms with van der Waals surface area (Å²) in [6, 6.07) is 15.1. The van der Waals surface area contributed by atoms with Crippen molar-refractivity contribution >= 4 is 29.1 Å². The van der Waals surface area contributed by atoms with Crippen LogP contribution in [0.1, 0.15) is 5.56 Å². The van der Waals surface area contributed by atoms with E-state index in [0.29, 0.717) is 23.9 Å². The van der Waals surface area contributed by atoms with Crippen molar-refractivity contribution in [3.63, 3.8) is 0 Å². The predicted octanol–water partition coefficient (Wildman–Crippen LogP) is 3.72. The minimum atomic E-state index is -0.0117. The zero-order chi connectivity index (χ0) is 17.6. The highest BCUT2D eigenvalue weighted by Crippen LogP contribution is 2.23. The van der Waals surface area contributed by atoms with Gasteiger partial charge in [-0.15, -0.1) is 0 Å². The summed E-state index contributed by atoms with van der Waals surface area (Å²) in [5.41, 5.74) is 1.19. The van der Waals surface area contributed by atoms with E-state index in [-0.39, 0.29) is 12.5 Å². The van der Waals surface area contributed by atoms with Crippen molar-refractivity contribution in [2.45, 2.75) is 6.54 Å². The molecule has 0 spiro atoms. The summed E-state index contributed by atoms with van der Waals surface area (Å²) in [5, 5.41) is 1.27. The number of hydrogen-bond donors (Lipinski definition) is 0. The Bertz CT molecular complexity index is 731. The van der Waals surface area contributed by atoms with E-state index in [2.05, 4.69) is 11.0 Å². The number of rotatable bonds is 5. The fraction of sp³-hybridized carbons (Fsp3) is 0.316. The molecule has 0 aromatic heterocycles. The molecule has 0 radical (unpaired) electrons. The molecule has 6 heteroatoms. The molecule has 3 rings (SSSR count). The standard InChI is InChI=1S/C19H20Cl2N2O2/c20-16-5-3-4-15(12-16)13-22-8-10-23(11-9-22)19(24)14-25-18-7-2-1-6-17(18)21/h1-7,12H,8-11,13-14H2. The van der Waals surface area contributed by atoms with Crippen LogP contribution in [0.5, 0.6) is 5.75 Å². The Labute approximate surface area is 157 Å². The molecule has 0 unspecified atom stereocenters. The molecule has 1 saturated heterocycles. The van der Waals surface area contributed by atoms with E-state index < -0.39 is 0 Å². The number of hydrogen-bond acceptors (Lipinski definition) is 3. The summed E-state index contributed by atoms with van der Waals surface area (Å²) in [5.74, 6) is 0.527.